The molecule has 0 aliphatic heterocycles. The van der Waals surface area contributed by atoms with E-state index in [1.165, 1.54) is 63.8 Å². The molecular weight excluding hydrogens is 487 g/mol. The summed E-state index contributed by atoms with van der Waals surface area (Å²) in [4.78, 5) is 36.8. The third-order valence-corrected chi connectivity index (χ3v) is 4.86. The standard InChI is InChI=1S/C26H25FN2O8/c1-33-20-11-19(12-21(13-20)34-2)29-25(31)15-37-26(32)16-4-9-22(23(10-16)35-3)36-14-24(30)28-18-7-5-17(27)6-8-18/h4-13H,14-15H2,1-3H3,(H,28,30)(H,29,31). The van der Waals surface area contributed by atoms with E-state index in [9.17, 15) is 18.8 Å². The fraction of sp³-hybridized carbons (Fsp3) is 0.192. The summed E-state index contributed by atoms with van der Waals surface area (Å²) in [5.41, 5.74) is 0.925. The number of carbonyl (C=O) groups excluding carboxylic acids is 3. The Bertz CT molecular complexity index is 1240. The highest BCUT2D eigenvalue weighted by Crippen LogP contribution is 2.29. The molecule has 2 amide bonds. The van der Waals surface area contributed by atoms with Gasteiger partial charge in [0.25, 0.3) is 11.8 Å². The van der Waals surface area contributed by atoms with Crippen LogP contribution < -0.4 is 29.6 Å². The summed E-state index contributed by atoms with van der Waals surface area (Å²) in [6.07, 6.45) is 0. The largest absolute Gasteiger partial charge is 0.497 e. The van der Waals surface area contributed by atoms with Crippen molar-refractivity contribution in [3.8, 4) is 23.0 Å². The van der Waals surface area contributed by atoms with E-state index < -0.39 is 30.2 Å². The van der Waals surface area contributed by atoms with Crippen LogP contribution in [0.25, 0.3) is 0 Å². The number of esters is 1. The number of ether oxygens (including phenoxy) is 5. The number of rotatable bonds is 11. The summed E-state index contributed by atoms with van der Waals surface area (Å²) < 4.78 is 39.1. The minimum absolute atomic E-state index is 0.107. The average molecular weight is 512 g/mol. The molecule has 194 valence electrons. The first-order chi connectivity index (χ1) is 17.8. The lowest BCUT2D eigenvalue weighted by molar-refractivity contribution is -0.119. The maximum atomic E-state index is 13.0. The van der Waals surface area contributed by atoms with E-state index >= 15 is 0 Å². The molecule has 2 N–H and O–H groups in total. The van der Waals surface area contributed by atoms with Gasteiger partial charge in [0.05, 0.1) is 26.9 Å². The van der Waals surface area contributed by atoms with Gasteiger partial charge in [-0.3, -0.25) is 9.59 Å². The Balaban J connectivity index is 1.54. The van der Waals surface area contributed by atoms with E-state index in [0.29, 0.717) is 22.9 Å². The highest BCUT2D eigenvalue weighted by Gasteiger charge is 2.16. The van der Waals surface area contributed by atoms with Gasteiger partial charge in [0.2, 0.25) is 0 Å². The van der Waals surface area contributed by atoms with E-state index in [1.54, 1.807) is 18.2 Å². The molecule has 10 nitrogen and oxygen atoms in total. The first-order valence-electron chi connectivity index (χ1n) is 10.9. The van der Waals surface area contributed by atoms with Crippen molar-refractivity contribution in [2.75, 3.05) is 45.2 Å². The molecule has 0 aromatic heterocycles. The molecule has 0 heterocycles. The topological polar surface area (TPSA) is 121 Å². The van der Waals surface area contributed by atoms with Crippen LogP contribution in [0.4, 0.5) is 15.8 Å². The number of nitrogens with one attached hydrogen (secondary N) is 2. The predicted molar refractivity (Wildman–Crippen MR) is 132 cm³/mol. The normalized spacial score (nSPS) is 10.2. The minimum atomic E-state index is -0.766. The van der Waals surface area contributed by atoms with Gasteiger partial charge in [0.1, 0.15) is 17.3 Å². The summed E-state index contributed by atoms with van der Waals surface area (Å²) in [6, 6.07) is 14.3. The van der Waals surface area contributed by atoms with Crippen molar-refractivity contribution in [2.24, 2.45) is 0 Å². The number of halogens is 1. The number of benzene rings is 3. The summed E-state index contributed by atoms with van der Waals surface area (Å²) >= 11 is 0. The van der Waals surface area contributed by atoms with Gasteiger partial charge in [-0.2, -0.15) is 0 Å². The number of carbonyl (C=O) groups is 3. The molecule has 11 heteroatoms. The maximum absolute atomic E-state index is 13.0. The van der Waals surface area contributed by atoms with Crippen LogP contribution in [0.15, 0.2) is 60.7 Å². The Kier molecular flexibility index (Phi) is 9.25. The Morgan fingerprint density at radius 3 is 1.95 bits per heavy atom. The Morgan fingerprint density at radius 2 is 1.32 bits per heavy atom. The first-order valence-corrected chi connectivity index (χ1v) is 10.9. The van der Waals surface area contributed by atoms with Crippen LogP contribution in [-0.2, 0) is 14.3 Å². The summed E-state index contributed by atoms with van der Waals surface area (Å²) in [5.74, 6) is -0.884. The summed E-state index contributed by atoms with van der Waals surface area (Å²) in [7, 11) is 4.33. The van der Waals surface area contributed by atoms with Crippen molar-refractivity contribution in [3.63, 3.8) is 0 Å². The van der Waals surface area contributed by atoms with Gasteiger partial charge in [-0.25, -0.2) is 9.18 Å². The first kappa shape index (κ1) is 26.8. The predicted octanol–water partition coefficient (Wildman–Crippen LogP) is 3.66. The van der Waals surface area contributed by atoms with Gasteiger partial charge in [-0.15, -0.1) is 0 Å². The molecule has 0 spiro atoms. The Hall–Kier alpha value is -4.80. The van der Waals surface area contributed by atoms with Gasteiger partial charge >= 0.3 is 5.97 Å². The minimum Gasteiger partial charge on any atom is -0.497 e. The fourth-order valence-corrected chi connectivity index (χ4v) is 3.08. The highest BCUT2D eigenvalue weighted by molar-refractivity contribution is 5.96. The van der Waals surface area contributed by atoms with Crippen LogP contribution in [0.5, 0.6) is 23.0 Å². The van der Waals surface area contributed by atoms with Crippen LogP contribution in [0.2, 0.25) is 0 Å². The number of amides is 2. The summed E-state index contributed by atoms with van der Waals surface area (Å²) in [6.45, 7) is -0.894. The number of hydrogen-bond acceptors (Lipinski definition) is 8. The molecule has 0 atom stereocenters. The van der Waals surface area contributed by atoms with Gasteiger partial charge < -0.3 is 34.3 Å². The van der Waals surface area contributed by atoms with Gasteiger partial charge in [-0.1, -0.05) is 0 Å². The van der Waals surface area contributed by atoms with E-state index in [1.807, 2.05) is 0 Å². The number of methoxy groups -OCH3 is 3. The molecule has 0 aliphatic carbocycles. The Labute approximate surface area is 212 Å². The zero-order valence-corrected chi connectivity index (χ0v) is 20.3. The van der Waals surface area contributed by atoms with Crippen LogP contribution in [0.3, 0.4) is 0 Å². The molecule has 0 fully saturated rings. The molecule has 3 aromatic carbocycles. The molecular formula is C26H25FN2O8. The summed E-state index contributed by atoms with van der Waals surface area (Å²) in [5, 5.41) is 5.17. The van der Waals surface area contributed by atoms with Crippen molar-refractivity contribution >= 4 is 29.2 Å². The average Bonchev–Trinajstić information content (AvgIpc) is 2.91. The number of anilines is 2. The molecule has 0 unspecified atom stereocenters. The van der Waals surface area contributed by atoms with E-state index in [0.717, 1.165) is 0 Å². The van der Waals surface area contributed by atoms with Crippen molar-refractivity contribution < 1.29 is 42.5 Å². The monoisotopic (exact) mass is 512 g/mol. The lowest BCUT2D eigenvalue weighted by Crippen LogP contribution is -2.21. The third-order valence-electron chi connectivity index (χ3n) is 4.86. The second-order valence-electron chi connectivity index (χ2n) is 7.44. The molecule has 0 radical (unpaired) electrons. The molecule has 3 aromatic rings. The molecule has 37 heavy (non-hydrogen) atoms. The van der Waals surface area contributed by atoms with Gasteiger partial charge in [-0.05, 0) is 42.5 Å². The maximum Gasteiger partial charge on any atom is 0.338 e. The van der Waals surface area contributed by atoms with Crippen LogP contribution in [0.1, 0.15) is 10.4 Å². The fourth-order valence-electron chi connectivity index (χ4n) is 3.08. The van der Waals surface area contributed by atoms with E-state index in [2.05, 4.69) is 10.6 Å². The highest BCUT2D eigenvalue weighted by atomic mass is 19.1. The number of hydrogen-bond donors (Lipinski definition) is 2. The second-order valence-corrected chi connectivity index (χ2v) is 7.44. The lowest BCUT2D eigenvalue weighted by Gasteiger charge is -2.13. The van der Waals surface area contributed by atoms with Crippen molar-refractivity contribution in [3.05, 3.63) is 72.0 Å². The van der Waals surface area contributed by atoms with Gasteiger partial charge in [0.15, 0.2) is 24.7 Å². The van der Waals surface area contributed by atoms with E-state index in [-0.39, 0.29) is 23.7 Å². The van der Waals surface area contributed by atoms with Crippen molar-refractivity contribution in [1.82, 2.24) is 0 Å². The second kappa shape index (κ2) is 12.8. The van der Waals surface area contributed by atoms with Crippen LogP contribution in [0, 0.1) is 5.82 Å². The molecule has 3 rings (SSSR count). The quantitative estimate of drug-likeness (QED) is 0.374. The molecule has 0 bridgehead atoms. The smallest absolute Gasteiger partial charge is 0.338 e. The van der Waals surface area contributed by atoms with Crippen molar-refractivity contribution in [2.45, 2.75) is 0 Å². The third kappa shape index (κ3) is 7.85. The Morgan fingerprint density at radius 1 is 0.703 bits per heavy atom. The molecule has 0 aliphatic rings. The van der Waals surface area contributed by atoms with Crippen molar-refractivity contribution in [1.29, 1.82) is 0 Å². The van der Waals surface area contributed by atoms with E-state index in [4.69, 9.17) is 23.7 Å². The van der Waals surface area contributed by atoms with Crippen LogP contribution in [-0.4, -0.2) is 52.3 Å². The molecule has 0 saturated heterocycles. The lowest BCUT2D eigenvalue weighted by atomic mass is 10.2. The van der Waals surface area contributed by atoms with Crippen LogP contribution >= 0.6 is 0 Å². The van der Waals surface area contributed by atoms with Gasteiger partial charge in [0, 0.05) is 29.6 Å². The zero-order chi connectivity index (χ0) is 26.8. The SMILES string of the molecule is COc1cc(NC(=O)COC(=O)c2ccc(OCC(=O)Nc3ccc(F)cc3)c(OC)c2)cc(OC)c1. The zero-order valence-electron chi connectivity index (χ0n) is 20.3. The molecule has 0 saturated carbocycles.